The van der Waals surface area contributed by atoms with Crippen LogP contribution >= 0.6 is 35.6 Å². The fourth-order valence-corrected chi connectivity index (χ4v) is 3.13. The van der Waals surface area contributed by atoms with Crippen molar-refractivity contribution in [2.24, 2.45) is 0 Å². The average Bonchev–Trinajstić information content (AvgIpc) is 2.54. The van der Waals surface area contributed by atoms with E-state index < -0.39 is 0 Å². The highest BCUT2D eigenvalue weighted by atomic mass is 35.5. The van der Waals surface area contributed by atoms with Gasteiger partial charge >= 0.3 is 0 Å². The van der Waals surface area contributed by atoms with Crippen LogP contribution < -0.4 is 0 Å². The summed E-state index contributed by atoms with van der Waals surface area (Å²) in [6.07, 6.45) is 0.862. The SMILES string of the molecule is O=Cc1sc2cc(S)ccc2c1CCl. The van der Waals surface area contributed by atoms with Gasteiger partial charge in [-0.2, -0.15) is 0 Å². The molecule has 0 aliphatic carbocycles. The van der Waals surface area contributed by atoms with Crippen LogP contribution in [0.3, 0.4) is 0 Å². The van der Waals surface area contributed by atoms with Crippen LogP contribution in [0.2, 0.25) is 0 Å². The third-order valence-corrected chi connectivity index (χ3v) is 3.71. The highest BCUT2D eigenvalue weighted by Gasteiger charge is 2.10. The monoisotopic (exact) mass is 242 g/mol. The normalized spacial score (nSPS) is 10.7. The molecule has 2 aromatic rings. The Morgan fingerprint density at radius 2 is 2.29 bits per heavy atom. The van der Waals surface area contributed by atoms with Crippen LogP contribution in [0.5, 0.6) is 0 Å². The topological polar surface area (TPSA) is 17.1 Å². The first kappa shape index (κ1) is 10.0. The van der Waals surface area contributed by atoms with Crippen molar-refractivity contribution in [2.45, 2.75) is 10.8 Å². The van der Waals surface area contributed by atoms with Gasteiger partial charge in [0.2, 0.25) is 0 Å². The van der Waals surface area contributed by atoms with E-state index in [4.69, 9.17) is 11.6 Å². The zero-order valence-electron chi connectivity index (χ0n) is 7.16. The molecule has 14 heavy (non-hydrogen) atoms. The average molecular weight is 243 g/mol. The maximum Gasteiger partial charge on any atom is 0.160 e. The van der Waals surface area contributed by atoms with Gasteiger partial charge in [0.25, 0.3) is 0 Å². The molecule has 0 fully saturated rings. The first-order valence-electron chi connectivity index (χ1n) is 4.02. The standard InChI is InChI=1S/C10H7ClOS2/c11-4-8-7-2-1-6(13)3-9(7)14-10(8)5-12/h1-3,5,13H,4H2. The minimum Gasteiger partial charge on any atom is -0.297 e. The summed E-state index contributed by atoms with van der Waals surface area (Å²) in [7, 11) is 0. The Hall–Kier alpha value is -0.510. The molecule has 1 heterocycles. The van der Waals surface area contributed by atoms with Gasteiger partial charge in [0.05, 0.1) is 4.88 Å². The molecule has 0 aliphatic heterocycles. The molecule has 0 N–H and O–H groups in total. The summed E-state index contributed by atoms with van der Waals surface area (Å²) in [6, 6.07) is 5.81. The lowest BCUT2D eigenvalue weighted by Crippen LogP contribution is -1.80. The molecule has 0 saturated heterocycles. The van der Waals surface area contributed by atoms with Gasteiger partial charge in [-0.1, -0.05) is 6.07 Å². The number of benzene rings is 1. The summed E-state index contributed by atoms with van der Waals surface area (Å²) < 4.78 is 1.07. The fourth-order valence-electron chi connectivity index (χ4n) is 1.39. The van der Waals surface area contributed by atoms with Gasteiger partial charge in [-0.25, -0.2) is 0 Å². The molecule has 4 heteroatoms. The molecule has 2 rings (SSSR count). The predicted molar refractivity (Wildman–Crippen MR) is 64.0 cm³/mol. The van der Waals surface area contributed by atoms with Gasteiger partial charge in [0.15, 0.2) is 6.29 Å². The van der Waals surface area contributed by atoms with Crippen molar-refractivity contribution >= 4 is 51.9 Å². The highest BCUT2D eigenvalue weighted by Crippen LogP contribution is 2.32. The Labute approximate surface area is 96.1 Å². The summed E-state index contributed by atoms with van der Waals surface area (Å²) in [5.74, 6) is 0.375. The van der Waals surface area contributed by atoms with Crippen LogP contribution in [-0.2, 0) is 5.88 Å². The molecule has 0 bridgehead atoms. The van der Waals surface area contributed by atoms with Crippen LogP contribution in [0.4, 0.5) is 0 Å². The number of thiol groups is 1. The van der Waals surface area contributed by atoms with Gasteiger partial charge in [-0.3, -0.25) is 4.79 Å². The van der Waals surface area contributed by atoms with Gasteiger partial charge in [0.1, 0.15) is 0 Å². The smallest absolute Gasteiger partial charge is 0.160 e. The molecule has 1 nitrogen and oxygen atoms in total. The van der Waals surface area contributed by atoms with E-state index in [9.17, 15) is 4.79 Å². The second-order valence-electron chi connectivity index (χ2n) is 2.88. The number of hydrogen-bond donors (Lipinski definition) is 1. The van der Waals surface area contributed by atoms with Gasteiger partial charge in [-0.05, 0) is 23.1 Å². The zero-order valence-corrected chi connectivity index (χ0v) is 9.63. The molecule has 0 spiro atoms. The van der Waals surface area contributed by atoms with Crippen molar-refractivity contribution in [1.29, 1.82) is 0 Å². The zero-order chi connectivity index (χ0) is 10.1. The molecule has 1 aromatic heterocycles. The minimum atomic E-state index is 0.375. The van der Waals surface area contributed by atoms with Crippen LogP contribution in [0.15, 0.2) is 23.1 Å². The molecule has 0 unspecified atom stereocenters. The molecular formula is C10H7ClOS2. The Kier molecular flexibility index (Phi) is 2.81. The number of hydrogen-bond acceptors (Lipinski definition) is 3. The number of fused-ring (bicyclic) bond motifs is 1. The lowest BCUT2D eigenvalue weighted by molar-refractivity contribution is 0.112. The highest BCUT2D eigenvalue weighted by molar-refractivity contribution is 7.80. The predicted octanol–water partition coefficient (Wildman–Crippen LogP) is 3.74. The summed E-state index contributed by atoms with van der Waals surface area (Å²) in [6.45, 7) is 0. The van der Waals surface area contributed by atoms with Crippen molar-refractivity contribution in [2.75, 3.05) is 0 Å². The van der Waals surface area contributed by atoms with Crippen LogP contribution in [0, 0.1) is 0 Å². The van der Waals surface area contributed by atoms with E-state index in [1.807, 2.05) is 18.2 Å². The van der Waals surface area contributed by atoms with Crippen molar-refractivity contribution in [3.63, 3.8) is 0 Å². The number of carbonyl (C=O) groups is 1. The molecule has 0 atom stereocenters. The van der Waals surface area contributed by atoms with Crippen LogP contribution in [-0.4, -0.2) is 6.29 Å². The molecule has 0 amide bonds. The molecule has 0 aliphatic rings. The Morgan fingerprint density at radius 1 is 1.50 bits per heavy atom. The Morgan fingerprint density at radius 3 is 2.93 bits per heavy atom. The summed E-state index contributed by atoms with van der Waals surface area (Å²) in [5, 5.41) is 1.06. The van der Waals surface area contributed by atoms with Crippen molar-refractivity contribution < 1.29 is 4.79 Å². The van der Waals surface area contributed by atoms with E-state index >= 15 is 0 Å². The Bertz CT molecular complexity index is 490. The van der Waals surface area contributed by atoms with Gasteiger partial charge in [0, 0.05) is 15.5 Å². The van der Waals surface area contributed by atoms with E-state index in [0.29, 0.717) is 10.8 Å². The largest absolute Gasteiger partial charge is 0.297 e. The van der Waals surface area contributed by atoms with E-state index in [2.05, 4.69) is 12.6 Å². The molecule has 72 valence electrons. The Balaban J connectivity index is 2.79. The van der Waals surface area contributed by atoms with E-state index in [1.54, 1.807) is 0 Å². The number of rotatable bonds is 2. The maximum absolute atomic E-state index is 10.8. The number of aldehydes is 1. The fraction of sp³-hybridized carbons (Fsp3) is 0.100. The molecule has 0 saturated carbocycles. The second kappa shape index (κ2) is 3.93. The van der Waals surface area contributed by atoms with Gasteiger partial charge in [-0.15, -0.1) is 35.6 Å². The molecular weight excluding hydrogens is 236 g/mol. The van der Waals surface area contributed by atoms with E-state index in [1.165, 1.54) is 11.3 Å². The van der Waals surface area contributed by atoms with Crippen LogP contribution in [0.25, 0.3) is 10.1 Å². The van der Waals surface area contributed by atoms with Crippen LogP contribution in [0.1, 0.15) is 15.2 Å². The number of halogens is 1. The van der Waals surface area contributed by atoms with Crippen molar-refractivity contribution in [3.05, 3.63) is 28.6 Å². The molecule has 1 aromatic carbocycles. The first-order valence-corrected chi connectivity index (χ1v) is 5.81. The number of carbonyl (C=O) groups excluding carboxylic acids is 1. The van der Waals surface area contributed by atoms with E-state index in [-0.39, 0.29) is 0 Å². The summed E-state index contributed by atoms with van der Waals surface area (Å²) in [5.41, 5.74) is 0.926. The quantitative estimate of drug-likeness (QED) is 0.482. The van der Waals surface area contributed by atoms with Crippen molar-refractivity contribution in [3.8, 4) is 0 Å². The first-order chi connectivity index (χ1) is 6.76. The lowest BCUT2D eigenvalue weighted by atomic mass is 10.1. The third kappa shape index (κ3) is 1.56. The number of alkyl halides is 1. The second-order valence-corrected chi connectivity index (χ2v) is 4.74. The summed E-state index contributed by atoms with van der Waals surface area (Å²) in [4.78, 5) is 12.4. The number of thiophene rings is 1. The summed E-state index contributed by atoms with van der Waals surface area (Å²) >= 11 is 11.5. The minimum absolute atomic E-state index is 0.375. The van der Waals surface area contributed by atoms with E-state index in [0.717, 1.165) is 26.8 Å². The van der Waals surface area contributed by atoms with Gasteiger partial charge < -0.3 is 0 Å². The molecule has 0 radical (unpaired) electrons. The third-order valence-electron chi connectivity index (χ3n) is 2.05. The lowest BCUT2D eigenvalue weighted by Gasteiger charge is -1.94. The maximum atomic E-state index is 10.8. The van der Waals surface area contributed by atoms with Crippen molar-refractivity contribution in [1.82, 2.24) is 0 Å².